The summed E-state index contributed by atoms with van der Waals surface area (Å²) in [5.74, 6) is 0.768. The third-order valence-corrected chi connectivity index (χ3v) is 6.09. The van der Waals surface area contributed by atoms with Crippen LogP contribution >= 0.6 is 27.3 Å². The second kappa shape index (κ2) is 7.74. The van der Waals surface area contributed by atoms with Crippen molar-refractivity contribution in [1.29, 1.82) is 0 Å². The highest BCUT2D eigenvalue weighted by atomic mass is 79.9. The highest BCUT2D eigenvalue weighted by molar-refractivity contribution is 9.10. The Balaban J connectivity index is 1.36. The van der Waals surface area contributed by atoms with E-state index in [9.17, 15) is 4.79 Å². The summed E-state index contributed by atoms with van der Waals surface area (Å²) in [6.07, 6.45) is 0. The Morgan fingerprint density at radius 3 is 2.59 bits per heavy atom. The van der Waals surface area contributed by atoms with Crippen molar-refractivity contribution < 1.29 is 9.53 Å². The van der Waals surface area contributed by atoms with Gasteiger partial charge in [-0.05, 0) is 42.5 Å². The Hall–Kier alpha value is -2.32. The van der Waals surface area contributed by atoms with E-state index >= 15 is 0 Å². The monoisotopic (exact) mass is 446 g/mol. The number of hydrogen-bond donors (Lipinski definition) is 1. The molecule has 2 amide bonds. The van der Waals surface area contributed by atoms with Crippen molar-refractivity contribution >= 4 is 54.3 Å². The van der Waals surface area contributed by atoms with Crippen molar-refractivity contribution in [3.8, 4) is 5.75 Å². The van der Waals surface area contributed by atoms with Gasteiger partial charge in [0, 0.05) is 36.3 Å². The molecule has 1 aliphatic heterocycles. The molecule has 0 saturated carbocycles. The van der Waals surface area contributed by atoms with Crippen LogP contribution in [0.25, 0.3) is 10.2 Å². The number of methoxy groups -OCH3 is 1. The third-order valence-electron chi connectivity index (χ3n) is 4.52. The van der Waals surface area contributed by atoms with E-state index in [0.717, 1.165) is 39.6 Å². The van der Waals surface area contributed by atoms with Crippen molar-refractivity contribution in [1.82, 2.24) is 9.88 Å². The van der Waals surface area contributed by atoms with Gasteiger partial charge in [0.1, 0.15) is 5.75 Å². The van der Waals surface area contributed by atoms with Crippen LogP contribution in [0.3, 0.4) is 0 Å². The number of rotatable bonds is 3. The molecule has 0 atom stereocenters. The molecule has 2 aromatic carbocycles. The lowest BCUT2D eigenvalue weighted by molar-refractivity contribution is 0.208. The van der Waals surface area contributed by atoms with E-state index in [1.54, 1.807) is 18.4 Å². The first-order valence-corrected chi connectivity index (χ1v) is 10.2. The zero-order valence-corrected chi connectivity index (χ0v) is 17.2. The third kappa shape index (κ3) is 4.01. The van der Waals surface area contributed by atoms with Crippen molar-refractivity contribution in [3.05, 3.63) is 46.9 Å². The predicted octanol–water partition coefficient (Wildman–Crippen LogP) is 4.42. The minimum absolute atomic E-state index is 0.0759. The van der Waals surface area contributed by atoms with Gasteiger partial charge in [-0.3, -0.25) is 0 Å². The number of halogens is 1. The zero-order chi connectivity index (χ0) is 18.8. The highest BCUT2D eigenvalue weighted by Gasteiger charge is 2.23. The standard InChI is InChI=1S/C19H19BrN4O2S/c1-26-15-5-3-14(4-6-15)21-18(25)23-8-10-24(11-9-23)19-22-16-7-2-13(20)12-17(16)27-19/h2-7,12H,8-11H2,1H3,(H,21,25). The maximum atomic E-state index is 12.5. The fourth-order valence-corrected chi connectivity index (χ4v) is 4.57. The van der Waals surface area contributed by atoms with Crippen molar-refractivity contribution in [2.45, 2.75) is 0 Å². The predicted molar refractivity (Wildman–Crippen MR) is 113 cm³/mol. The van der Waals surface area contributed by atoms with Gasteiger partial charge in [0.15, 0.2) is 5.13 Å². The molecule has 1 fully saturated rings. The first kappa shape index (κ1) is 18.1. The summed E-state index contributed by atoms with van der Waals surface area (Å²) in [6.45, 7) is 2.89. The number of amides is 2. The molecule has 8 heteroatoms. The first-order chi connectivity index (χ1) is 13.1. The molecule has 27 heavy (non-hydrogen) atoms. The maximum absolute atomic E-state index is 12.5. The average molecular weight is 447 g/mol. The molecule has 1 aliphatic rings. The Morgan fingerprint density at radius 1 is 1.15 bits per heavy atom. The van der Waals surface area contributed by atoms with E-state index in [0.29, 0.717) is 13.1 Å². The molecule has 6 nitrogen and oxygen atoms in total. The Morgan fingerprint density at radius 2 is 1.89 bits per heavy atom. The van der Waals surface area contributed by atoms with Crippen LogP contribution in [0.1, 0.15) is 0 Å². The molecule has 0 spiro atoms. The van der Waals surface area contributed by atoms with Gasteiger partial charge >= 0.3 is 6.03 Å². The van der Waals surface area contributed by atoms with Crippen LogP contribution < -0.4 is 15.0 Å². The summed E-state index contributed by atoms with van der Waals surface area (Å²) in [5.41, 5.74) is 1.78. The molecular weight excluding hydrogens is 428 g/mol. The van der Waals surface area contributed by atoms with E-state index in [1.165, 1.54) is 4.70 Å². The molecule has 0 aliphatic carbocycles. The van der Waals surface area contributed by atoms with Gasteiger partial charge in [0.2, 0.25) is 0 Å². The first-order valence-electron chi connectivity index (χ1n) is 8.63. The lowest BCUT2D eigenvalue weighted by Gasteiger charge is -2.34. The van der Waals surface area contributed by atoms with E-state index < -0.39 is 0 Å². The van der Waals surface area contributed by atoms with Gasteiger partial charge in [-0.2, -0.15) is 0 Å². The Labute approximate surface area is 169 Å². The molecule has 4 rings (SSSR count). The van der Waals surface area contributed by atoms with Crippen LogP contribution in [0.15, 0.2) is 46.9 Å². The minimum atomic E-state index is -0.0759. The molecule has 140 valence electrons. The number of piperazine rings is 1. The quantitative estimate of drug-likeness (QED) is 0.646. The van der Waals surface area contributed by atoms with E-state index in [-0.39, 0.29) is 6.03 Å². The van der Waals surface area contributed by atoms with Crippen molar-refractivity contribution in [2.75, 3.05) is 43.5 Å². The lowest BCUT2D eigenvalue weighted by atomic mass is 10.3. The number of nitrogens with one attached hydrogen (secondary N) is 1. The van der Waals surface area contributed by atoms with Crippen LogP contribution in [-0.4, -0.2) is 49.2 Å². The molecule has 0 unspecified atom stereocenters. The normalized spacial score (nSPS) is 14.4. The number of urea groups is 1. The van der Waals surface area contributed by atoms with Crippen LogP contribution in [-0.2, 0) is 0 Å². The number of hydrogen-bond acceptors (Lipinski definition) is 5. The molecule has 1 saturated heterocycles. The van der Waals surface area contributed by atoms with Gasteiger partial charge in [-0.15, -0.1) is 0 Å². The molecule has 0 bridgehead atoms. The molecule has 1 N–H and O–H groups in total. The largest absolute Gasteiger partial charge is 0.497 e. The number of carbonyl (C=O) groups is 1. The van der Waals surface area contributed by atoms with Gasteiger partial charge in [-0.25, -0.2) is 9.78 Å². The number of fused-ring (bicyclic) bond motifs is 1. The van der Waals surface area contributed by atoms with Gasteiger partial charge in [0.05, 0.1) is 17.3 Å². The number of thiazole rings is 1. The Kier molecular flexibility index (Phi) is 5.18. The molecule has 1 aromatic heterocycles. The van der Waals surface area contributed by atoms with Crippen LogP contribution in [0.5, 0.6) is 5.75 Å². The molecule has 2 heterocycles. The second-order valence-electron chi connectivity index (χ2n) is 6.24. The van der Waals surface area contributed by atoms with Gasteiger partial charge in [-0.1, -0.05) is 27.3 Å². The number of benzene rings is 2. The number of anilines is 2. The number of nitrogens with zero attached hydrogens (tertiary/aromatic N) is 3. The molecular formula is C19H19BrN4O2S. The molecule has 3 aromatic rings. The van der Waals surface area contributed by atoms with E-state index in [1.807, 2.05) is 41.3 Å². The Bertz CT molecular complexity index is 952. The minimum Gasteiger partial charge on any atom is -0.497 e. The van der Waals surface area contributed by atoms with Crippen LogP contribution in [0, 0.1) is 0 Å². The zero-order valence-electron chi connectivity index (χ0n) is 14.8. The average Bonchev–Trinajstić information content (AvgIpc) is 3.12. The number of ether oxygens (including phenoxy) is 1. The smallest absolute Gasteiger partial charge is 0.321 e. The topological polar surface area (TPSA) is 57.7 Å². The number of aromatic nitrogens is 1. The maximum Gasteiger partial charge on any atom is 0.321 e. The summed E-state index contributed by atoms with van der Waals surface area (Å²) in [4.78, 5) is 21.3. The van der Waals surface area contributed by atoms with Gasteiger partial charge in [0.25, 0.3) is 0 Å². The highest BCUT2D eigenvalue weighted by Crippen LogP contribution is 2.31. The second-order valence-corrected chi connectivity index (χ2v) is 8.17. The summed E-state index contributed by atoms with van der Waals surface area (Å²) < 4.78 is 7.36. The van der Waals surface area contributed by atoms with E-state index in [2.05, 4.69) is 32.2 Å². The molecule has 0 radical (unpaired) electrons. The van der Waals surface area contributed by atoms with Crippen LogP contribution in [0.2, 0.25) is 0 Å². The van der Waals surface area contributed by atoms with Crippen LogP contribution in [0.4, 0.5) is 15.6 Å². The van der Waals surface area contributed by atoms with E-state index in [4.69, 9.17) is 9.72 Å². The summed E-state index contributed by atoms with van der Waals surface area (Å²) >= 11 is 5.19. The fourth-order valence-electron chi connectivity index (χ4n) is 3.00. The van der Waals surface area contributed by atoms with Crippen molar-refractivity contribution in [3.63, 3.8) is 0 Å². The fraction of sp³-hybridized carbons (Fsp3) is 0.263. The lowest BCUT2D eigenvalue weighted by Crippen LogP contribution is -2.50. The SMILES string of the molecule is COc1ccc(NC(=O)N2CCN(c3nc4ccc(Br)cc4s3)CC2)cc1. The number of carbonyl (C=O) groups excluding carboxylic acids is 1. The summed E-state index contributed by atoms with van der Waals surface area (Å²) in [7, 11) is 1.62. The van der Waals surface area contributed by atoms with Crippen molar-refractivity contribution in [2.24, 2.45) is 0 Å². The summed E-state index contributed by atoms with van der Waals surface area (Å²) in [6, 6.07) is 13.4. The van der Waals surface area contributed by atoms with Gasteiger partial charge < -0.3 is 19.9 Å². The summed E-state index contributed by atoms with van der Waals surface area (Å²) in [5, 5.41) is 3.95.